The molecule has 5 heteroatoms. The van der Waals surface area contributed by atoms with E-state index >= 15 is 0 Å². The number of aryl methyl sites for hydroxylation is 1. The first-order valence-corrected chi connectivity index (χ1v) is 8.27. The van der Waals surface area contributed by atoms with Gasteiger partial charge in [-0.1, -0.05) is 29.8 Å². The molecule has 3 aromatic rings. The number of nitrogens with zero attached hydrogens (tertiary/aromatic N) is 1. The van der Waals surface area contributed by atoms with E-state index in [4.69, 9.17) is 0 Å². The van der Waals surface area contributed by atoms with Crippen LogP contribution < -0.4 is 10.6 Å². The van der Waals surface area contributed by atoms with Crippen molar-refractivity contribution in [3.05, 3.63) is 82.5 Å². The number of pyridine rings is 1. The molecule has 0 spiro atoms. The van der Waals surface area contributed by atoms with Crippen molar-refractivity contribution in [1.82, 2.24) is 4.98 Å². The molecule has 1 heterocycles. The molecule has 4 nitrogen and oxygen atoms in total. The van der Waals surface area contributed by atoms with Gasteiger partial charge in [0.05, 0.1) is 17.6 Å². The number of hydrogen-bond donors (Lipinski definition) is 2. The van der Waals surface area contributed by atoms with Crippen LogP contribution in [0, 0.1) is 6.92 Å². The average molecular weight is 382 g/mol. The zero-order valence-corrected chi connectivity index (χ0v) is 14.7. The first kappa shape index (κ1) is 16.2. The van der Waals surface area contributed by atoms with Crippen molar-refractivity contribution in [2.24, 2.45) is 0 Å². The molecule has 24 heavy (non-hydrogen) atoms. The quantitative estimate of drug-likeness (QED) is 0.656. The Hall–Kier alpha value is -2.66. The second kappa shape index (κ2) is 7.27. The van der Waals surface area contributed by atoms with Crippen LogP contribution in [0.1, 0.15) is 15.9 Å². The number of halogens is 1. The second-order valence-electron chi connectivity index (χ2n) is 5.36. The molecule has 0 fully saturated rings. The summed E-state index contributed by atoms with van der Waals surface area (Å²) < 4.78 is 0.962. The van der Waals surface area contributed by atoms with Crippen LogP contribution in [0.5, 0.6) is 0 Å². The third kappa shape index (κ3) is 4.00. The molecule has 0 saturated heterocycles. The summed E-state index contributed by atoms with van der Waals surface area (Å²) >= 11 is 3.49. The zero-order valence-electron chi connectivity index (χ0n) is 13.1. The maximum absolute atomic E-state index is 12.2. The molecule has 0 aliphatic carbocycles. The van der Waals surface area contributed by atoms with E-state index in [1.807, 2.05) is 61.5 Å². The molecule has 2 aromatic carbocycles. The van der Waals surface area contributed by atoms with Gasteiger partial charge in [0, 0.05) is 10.0 Å². The Balaban J connectivity index is 1.68. The largest absolute Gasteiger partial charge is 0.339 e. The molecule has 0 bridgehead atoms. The number of anilines is 3. The number of carbonyl (C=O) groups excluding carboxylic acids is 1. The number of hydrogen-bond acceptors (Lipinski definition) is 3. The first-order chi connectivity index (χ1) is 11.6. The normalized spacial score (nSPS) is 10.2. The number of carbonyl (C=O) groups is 1. The molecule has 0 aliphatic heterocycles. The van der Waals surface area contributed by atoms with Crippen LogP contribution in [-0.4, -0.2) is 10.9 Å². The molecule has 120 valence electrons. The summed E-state index contributed by atoms with van der Waals surface area (Å²) in [6.45, 7) is 1.96. The Kier molecular flexibility index (Phi) is 4.91. The summed E-state index contributed by atoms with van der Waals surface area (Å²) in [5.74, 6) is 0.558. The highest BCUT2D eigenvalue weighted by Gasteiger charge is 2.07. The minimum Gasteiger partial charge on any atom is -0.339 e. The van der Waals surface area contributed by atoms with E-state index in [2.05, 4.69) is 31.5 Å². The van der Waals surface area contributed by atoms with Crippen LogP contribution in [0.25, 0.3) is 0 Å². The monoisotopic (exact) mass is 381 g/mol. The first-order valence-electron chi connectivity index (χ1n) is 7.47. The fourth-order valence-electron chi connectivity index (χ4n) is 2.23. The summed E-state index contributed by atoms with van der Waals surface area (Å²) in [6, 6.07) is 18.9. The van der Waals surface area contributed by atoms with Gasteiger partial charge in [-0.15, -0.1) is 0 Å². The van der Waals surface area contributed by atoms with Gasteiger partial charge in [0.15, 0.2) is 0 Å². The summed E-state index contributed by atoms with van der Waals surface area (Å²) in [4.78, 5) is 16.6. The molecule has 1 amide bonds. The highest BCUT2D eigenvalue weighted by molar-refractivity contribution is 9.10. The van der Waals surface area contributed by atoms with Crippen LogP contribution in [0.2, 0.25) is 0 Å². The Labute approximate surface area is 149 Å². The van der Waals surface area contributed by atoms with Gasteiger partial charge in [0.2, 0.25) is 0 Å². The van der Waals surface area contributed by atoms with E-state index in [1.54, 1.807) is 12.3 Å². The topological polar surface area (TPSA) is 54.0 Å². The van der Waals surface area contributed by atoms with Gasteiger partial charge in [0.25, 0.3) is 5.91 Å². The number of benzene rings is 2. The zero-order chi connectivity index (χ0) is 16.9. The van der Waals surface area contributed by atoms with Crippen LogP contribution >= 0.6 is 15.9 Å². The molecule has 0 saturated carbocycles. The van der Waals surface area contributed by atoms with Crippen molar-refractivity contribution < 1.29 is 4.79 Å². The van der Waals surface area contributed by atoms with Crippen molar-refractivity contribution in [3.63, 3.8) is 0 Å². The molecular formula is C19H16BrN3O. The summed E-state index contributed by atoms with van der Waals surface area (Å²) in [5, 5.41) is 6.07. The summed E-state index contributed by atoms with van der Waals surface area (Å²) in [6.07, 6.45) is 1.63. The number of rotatable bonds is 4. The summed E-state index contributed by atoms with van der Waals surface area (Å²) in [7, 11) is 0. The van der Waals surface area contributed by atoms with Crippen molar-refractivity contribution in [1.29, 1.82) is 0 Å². The number of amides is 1. The molecule has 1 aromatic heterocycles. The second-order valence-corrected chi connectivity index (χ2v) is 6.21. The van der Waals surface area contributed by atoms with Gasteiger partial charge in [-0.05, 0) is 59.3 Å². The maximum Gasteiger partial charge on any atom is 0.255 e. The van der Waals surface area contributed by atoms with Gasteiger partial charge in [-0.2, -0.15) is 0 Å². The highest BCUT2D eigenvalue weighted by Crippen LogP contribution is 2.24. The van der Waals surface area contributed by atoms with E-state index in [-0.39, 0.29) is 5.91 Å². The molecule has 3 rings (SSSR count). The highest BCUT2D eigenvalue weighted by atomic mass is 79.9. The Morgan fingerprint density at radius 1 is 1.04 bits per heavy atom. The van der Waals surface area contributed by atoms with E-state index in [0.717, 1.165) is 15.7 Å². The third-order valence-electron chi connectivity index (χ3n) is 3.44. The molecule has 0 unspecified atom stereocenters. The molecule has 2 N–H and O–H groups in total. The fourth-order valence-corrected chi connectivity index (χ4v) is 2.62. The van der Waals surface area contributed by atoms with Crippen molar-refractivity contribution >= 4 is 39.0 Å². The predicted octanol–water partition coefficient (Wildman–Crippen LogP) is 5.15. The van der Waals surface area contributed by atoms with Crippen LogP contribution in [-0.2, 0) is 0 Å². The lowest BCUT2D eigenvalue weighted by atomic mass is 10.1. The lowest BCUT2D eigenvalue weighted by molar-refractivity contribution is 0.102. The van der Waals surface area contributed by atoms with Crippen LogP contribution in [0.15, 0.2) is 71.3 Å². The van der Waals surface area contributed by atoms with Crippen molar-refractivity contribution in [3.8, 4) is 0 Å². The minimum absolute atomic E-state index is 0.146. The SMILES string of the molecule is Cc1cccc(C(=O)Nc2ccc(Nc3ccccc3Br)nc2)c1. The predicted molar refractivity (Wildman–Crippen MR) is 101 cm³/mol. The maximum atomic E-state index is 12.2. The lowest BCUT2D eigenvalue weighted by Gasteiger charge is -2.09. The molecular weight excluding hydrogens is 366 g/mol. The van der Waals surface area contributed by atoms with Gasteiger partial charge >= 0.3 is 0 Å². The third-order valence-corrected chi connectivity index (χ3v) is 4.13. The number of aromatic nitrogens is 1. The Morgan fingerprint density at radius 3 is 2.58 bits per heavy atom. The van der Waals surface area contributed by atoms with Gasteiger partial charge in [0.1, 0.15) is 5.82 Å². The Morgan fingerprint density at radius 2 is 1.88 bits per heavy atom. The van der Waals surface area contributed by atoms with E-state index in [9.17, 15) is 4.79 Å². The lowest BCUT2D eigenvalue weighted by Crippen LogP contribution is -2.12. The van der Waals surface area contributed by atoms with Crippen molar-refractivity contribution in [2.45, 2.75) is 6.92 Å². The Bertz CT molecular complexity index is 862. The van der Waals surface area contributed by atoms with E-state index in [1.165, 1.54) is 0 Å². The number of nitrogens with one attached hydrogen (secondary N) is 2. The van der Waals surface area contributed by atoms with Crippen LogP contribution in [0.3, 0.4) is 0 Å². The summed E-state index contributed by atoms with van der Waals surface area (Å²) in [5.41, 5.74) is 3.26. The smallest absolute Gasteiger partial charge is 0.255 e. The van der Waals surface area contributed by atoms with Crippen LogP contribution in [0.4, 0.5) is 17.2 Å². The van der Waals surface area contributed by atoms with E-state index in [0.29, 0.717) is 17.1 Å². The van der Waals surface area contributed by atoms with Gasteiger partial charge in [-0.25, -0.2) is 4.98 Å². The molecule has 0 atom stereocenters. The van der Waals surface area contributed by atoms with E-state index < -0.39 is 0 Å². The van der Waals surface area contributed by atoms with Crippen molar-refractivity contribution in [2.75, 3.05) is 10.6 Å². The fraction of sp³-hybridized carbons (Fsp3) is 0.0526. The average Bonchev–Trinajstić information content (AvgIpc) is 2.58. The van der Waals surface area contributed by atoms with Gasteiger partial charge < -0.3 is 10.6 Å². The molecule has 0 aliphatic rings. The standard InChI is InChI=1S/C19H16BrN3O/c1-13-5-4-6-14(11-13)19(24)22-15-9-10-18(21-12-15)23-17-8-3-2-7-16(17)20/h2-12H,1H3,(H,21,23)(H,22,24). The number of para-hydroxylation sites is 1. The molecule has 0 radical (unpaired) electrons. The minimum atomic E-state index is -0.146. The van der Waals surface area contributed by atoms with Gasteiger partial charge in [-0.3, -0.25) is 4.79 Å².